The average molecular weight is 578 g/mol. The second-order valence-electron chi connectivity index (χ2n) is 11.0. The van der Waals surface area contributed by atoms with Gasteiger partial charge in [0, 0.05) is 29.4 Å². The van der Waals surface area contributed by atoms with Gasteiger partial charge in [0.05, 0.1) is 17.7 Å². The maximum Gasteiger partial charge on any atom is 0.413 e. The topological polar surface area (TPSA) is 98.7 Å². The maximum atomic E-state index is 15.1. The van der Waals surface area contributed by atoms with Gasteiger partial charge in [-0.3, -0.25) is 4.90 Å². The molecule has 210 valence electrons. The van der Waals surface area contributed by atoms with Gasteiger partial charge in [-0.15, -0.1) is 10.2 Å². The summed E-state index contributed by atoms with van der Waals surface area (Å²) in [6.07, 6.45) is 1.18. The van der Waals surface area contributed by atoms with Crippen molar-refractivity contribution in [2.75, 3.05) is 18.5 Å². The second-order valence-corrected chi connectivity index (χ2v) is 12.4. The second kappa shape index (κ2) is 11.2. The summed E-state index contributed by atoms with van der Waals surface area (Å²) < 4.78 is 32.2. The molecule has 4 rings (SSSR count). The summed E-state index contributed by atoms with van der Waals surface area (Å²) in [4.78, 5) is 18.7. The SMILES string of the molecule is CC(C)Nc1ccc(-c2nnc(-c3cc(F)c(OCC4COC(C)(C)N4C(=O)OC(C)(C)C)cc3Cl)s2)cn1. The molecule has 1 aliphatic rings. The van der Waals surface area contributed by atoms with Crippen molar-refractivity contribution in [3.05, 3.63) is 41.3 Å². The van der Waals surface area contributed by atoms with E-state index < -0.39 is 29.3 Å². The van der Waals surface area contributed by atoms with Gasteiger partial charge in [0.15, 0.2) is 11.6 Å². The molecule has 39 heavy (non-hydrogen) atoms. The summed E-state index contributed by atoms with van der Waals surface area (Å²) in [6, 6.07) is 6.24. The molecular formula is C27H33ClFN5O4S. The molecule has 1 aliphatic heterocycles. The number of pyridine rings is 1. The normalized spacial score (nSPS) is 17.0. The number of halogens is 2. The highest BCUT2D eigenvalue weighted by Crippen LogP contribution is 2.38. The number of rotatable bonds is 7. The van der Waals surface area contributed by atoms with Crippen LogP contribution in [0.4, 0.5) is 15.0 Å². The molecular weight excluding hydrogens is 545 g/mol. The average Bonchev–Trinajstić information content (AvgIpc) is 3.42. The Morgan fingerprint density at radius 3 is 2.64 bits per heavy atom. The number of nitrogens with zero attached hydrogens (tertiary/aromatic N) is 4. The van der Waals surface area contributed by atoms with Crippen LogP contribution in [0.15, 0.2) is 30.5 Å². The largest absolute Gasteiger partial charge is 0.488 e. The smallest absolute Gasteiger partial charge is 0.413 e. The first-order chi connectivity index (χ1) is 18.2. The summed E-state index contributed by atoms with van der Waals surface area (Å²) in [5, 5.41) is 13.0. The van der Waals surface area contributed by atoms with Crippen LogP contribution in [0.2, 0.25) is 5.02 Å². The molecule has 1 fully saturated rings. The molecule has 0 radical (unpaired) electrons. The summed E-state index contributed by atoms with van der Waals surface area (Å²) in [5.41, 5.74) is -0.378. The highest BCUT2D eigenvalue weighted by molar-refractivity contribution is 7.18. The van der Waals surface area contributed by atoms with Crippen LogP contribution in [0.1, 0.15) is 48.5 Å². The van der Waals surface area contributed by atoms with Gasteiger partial charge in [0.1, 0.15) is 33.8 Å². The van der Waals surface area contributed by atoms with Crippen LogP contribution in [0.5, 0.6) is 5.75 Å². The molecule has 1 atom stereocenters. The van der Waals surface area contributed by atoms with Gasteiger partial charge in [-0.1, -0.05) is 22.9 Å². The summed E-state index contributed by atoms with van der Waals surface area (Å²) >= 11 is 7.80. The van der Waals surface area contributed by atoms with E-state index in [-0.39, 0.29) is 30.0 Å². The van der Waals surface area contributed by atoms with Gasteiger partial charge in [-0.25, -0.2) is 14.2 Å². The van der Waals surface area contributed by atoms with Gasteiger partial charge in [0.2, 0.25) is 0 Å². The minimum atomic E-state index is -0.896. The number of hydrogen-bond donors (Lipinski definition) is 1. The Morgan fingerprint density at radius 1 is 1.28 bits per heavy atom. The first-order valence-corrected chi connectivity index (χ1v) is 13.8. The van der Waals surface area contributed by atoms with Crippen LogP contribution < -0.4 is 10.1 Å². The minimum Gasteiger partial charge on any atom is -0.488 e. The predicted octanol–water partition coefficient (Wildman–Crippen LogP) is 6.63. The molecule has 0 aliphatic carbocycles. The van der Waals surface area contributed by atoms with E-state index in [4.69, 9.17) is 25.8 Å². The number of anilines is 1. The third-order valence-electron chi connectivity index (χ3n) is 5.72. The zero-order valence-electron chi connectivity index (χ0n) is 23.0. The fourth-order valence-corrected chi connectivity index (χ4v) is 5.19. The Bertz CT molecular complexity index is 1330. The minimum absolute atomic E-state index is 0.00706. The molecule has 3 heterocycles. The molecule has 12 heteroatoms. The van der Waals surface area contributed by atoms with E-state index in [0.717, 1.165) is 11.4 Å². The standard InChI is InChI=1S/C27H33ClFN5O4S/c1-15(2)31-22-9-8-16(12-30-22)23-32-33-24(39-23)18-10-20(29)21(11-19(18)28)36-13-17-14-37-27(6,7)34(17)25(35)38-26(3,4)5/h8-12,15,17H,13-14H2,1-7H3,(H,30,31). The van der Waals surface area contributed by atoms with Crippen LogP contribution in [-0.4, -0.2) is 62.8 Å². The van der Waals surface area contributed by atoms with Gasteiger partial charge < -0.3 is 19.5 Å². The highest BCUT2D eigenvalue weighted by atomic mass is 35.5. The number of ether oxygens (including phenoxy) is 3. The summed E-state index contributed by atoms with van der Waals surface area (Å²) in [7, 11) is 0. The van der Waals surface area contributed by atoms with Crippen LogP contribution in [0, 0.1) is 5.82 Å². The zero-order chi connectivity index (χ0) is 28.5. The number of amides is 1. The number of benzene rings is 1. The molecule has 1 saturated heterocycles. The van der Waals surface area contributed by atoms with E-state index in [0.29, 0.717) is 15.6 Å². The highest BCUT2D eigenvalue weighted by Gasteiger charge is 2.46. The van der Waals surface area contributed by atoms with E-state index in [1.165, 1.54) is 28.4 Å². The van der Waals surface area contributed by atoms with Crippen molar-refractivity contribution in [3.8, 4) is 26.9 Å². The Morgan fingerprint density at radius 2 is 2.00 bits per heavy atom. The fraction of sp³-hybridized carbons (Fsp3) is 0.481. The van der Waals surface area contributed by atoms with Crippen molar-refractivity contribution in [2.45, 2.75) is 71.9 Å². The Hall–Kier alpha value is -3.02. The van der Waals surface area contributed by atoms with Crippen LogP contribution in [0.25, 0.3) is 21.1 Å². The quantitative estimate of drug-likeness (QED) is 0.334. The zero-order valence-corrected chi connectivity index (χ0v) is 24.6. The lowest BCUT2D eigenvalue weighted by Crippen LogP contribution is -2.51. The molecule has 9 nitrogen and oxygen atoms in total. The van der Waals surface area contributed by atoms with Crippen molar-refractivity contribution in [1.29, 1.82) is 0 Å². The first-order valence-electron chi connectivity index (χ1n) is 12.6. The number of nitrogens with one attached hydrogen (secondary N) is 1. The van der Waals surface area contributed by atoms with Crippen LogP contribution in [0.3, 0.4) is 0 Å². The number of carbonyl (C=O) groups excluding carboxylic acids is 1. The molecule has 1 unspecified atom stereocenters. The lowest BCUT2D eigenvalue weighted by Gasteiger charge is -2.35. The molecule has 2 aromatic heterocycles. The number of hydrogen-bond acceptors (Lipinski definition) is 9. The molecule has 0 spiro atoms. The van der Waals surface area contributed by atoms with Gasteiger partial charge >= 0.3 is 6.09 Å². The number of aromatic nitrogens is 3. The third-order valence-corrected chi connectivity index (χ3v) is 7.04. The van der Waals surface area contributed by atoms with Crippen molar-refractivity contribution >= 4 is 34.8 Å². The molecule has 1 N–H and O–H groups in total. The Kier molecular flexibility index (Phi) is 8.34. The molecule has 0 bridgehead atoms. The van der Waals surface area contributed by atoms with E-state index in [9.17, 15) is 4.79 Å². The maximum absolute atomic E-state index is 15.1. The first kappa shape index (κ1) is 29.0. The van der Waals surface area contributed by atoms with E-state index in [1.807, 2.05) is 26.0 Å². The molecule has 1 amide bonds. The van der Waals surface area contributed by atoms with Crippen LogP contribution >= 0.6 is 22.9 Å². The molecule has 1 aromatic carbocycles. The Labute approximate surface area is 236 Å². The predicted molar refractivity (Wildman–Crippen MR) is 150 cm³/mol. The van der Waals surface area contributed by atoms with Gasteiger partial charge in [-0.2, -0.15) is 0 Å². The van der Waals surface area contributed by atoms with Crippen molar-refractivity contribution < 1.29 is 23.4 Å². The molecule has 0 saturated carbocycles. The summed E-state index contributed by atoms with van der Waals surface area (Å²) in [6.45, 7) is 13.2. The van der Waals surface area contributed by atoms with Gasteiger partial charge in [0.25, 0.3) is 0 Å². The van der Waals surface area contributed by atoms with Crippen molar-refractivity contribution in [3.63, 3.8) is 0 Å². The van der Waals surface area contributed by atoms with E-state index in [1.54, 1.807) is 40.8 Å². The lowest BCUT2D eigenvalue weighted by molar-refractivity contribution is -0.0637. The van der Waals surface area contributed by atoms with Crippen molar-refractivity contribution in [2.24, 2.45) is 0 Å². The van der Waals surface area contributed by atoms with Crippen LogP contribution in [-0.2, 0) is 9.47 Å². The van der Waals surface area contributed by atoms with E-state index in [2.05, 4.69) is 20.5 Å². The van der Waals surface area contributed by atoms with Crippen molar-refractivity contribution in [1.82, 2.24) is 20.1 Å². The lowest BCUT2D eigenvalue weighted by atomic mass is 10.2. The molecule has 3 aromatic rings. The third kappa shape index (κ3) is 6.95. The fourth-order valence-electron chi connectivity index (χ4n) is 4.03. The summed E-state index contributed by atoms with van der Waals surface area (Å²) in [5.74, 6) is 0.111. The van der Waals surface area contributed by atoms with E-state index >= 15 is 4.39 Å². The monoisotopic (exact) mass is 577 g/mol. The Balaban J connectivity index is 1.47. The van der Waals surface area contributed by atoms with Gasteiger partial charge in [-0.05, 0) is 66.7 Å². The number of carbonyl (C=O) groups is 1.